The Kier molecular flexibility index (Phi) is 7.07. The quantitative estimate of drug-likeness (QED) is 0.270. The topological polar surface area (TPSA) is 175 Å². The molecule has 15 heteroatoms. The highest BCUT2D eigenvalue weighted by atomic mass is 32.2. The fraction of sp³-hybridized carbons (Fsp3) is 0.720. The van der Waals surface area contributed by atoms with Crippen molar-refractivity contribution in [2.45, 2.75) is 63.0 Å². The Balaban J connectivity index is 1.07. The molecule has 0 saturated carbocycles. The van der Waals surface area contributed by atoms with E-state index in [2.05, 4.69) is 31.5 Å². The highest BCUT2D eigenvalue weighted by Crippen LogP contribution is 2.52. The van der Waals surface area contributed by atoms with E-state index in [0.29, 0.717) is 17.9 Å². The lowest BCUT2D eigenvalue weighted by Gasteiger charge is -2.53. The molecule has 0 radical (unpaired) electrons. The van der Waals surface area contributed by atoms with Gasteiger partial charge in [-0.2, -0.15) is 0 Å². The maximum absolute atomic E-state index is 13.2. The van der Waals surface area contributed by atoms with Crippen LogP contribution in [0.1, 0.15) is 33.1 Å². The Morgan fingerprint density at radius 2 is 2.02 bits per heavy atom. The first-order valence-corrected chi connectivity index (χ1v) is 14.8. The van der Waals surface area contributed by atoms with Crippen molar-refractivity contribution in [3.63, 3.8) is 0 Å². The zero-order valence-corrected chi connectivity index (χ0v) is 23.4. The van der Waals surface area contributed by atoms with Crippen LogP contribution in [0.3, 0.4) is 0 Å². The molecule has 1 aromatic rings. The average molecular weight is 574 g/mol. The number of fused-ring (bicyclic) bond motifs is 1. The van der Waals surface area contributed by atoms with E-state index in [0.717, 1.165) is 39.0 Å². The highest BCUT2D eigenvalue weighted by molar-refractivity contribution is 8.03. The number of likely N-dealkylation sites (tertiary alicyclic amines) is 1. The summed E-state index contributed by atoms with van der Waals surface area (Å²) in [4.78, 5) is 55.1. The second-order valence-corrected chi connectivity index (χ2v) is 13.1. The molecule has 0 aromatic carbocycles. The minimum Gasteiger partial charge on any atom is -0.477 e. The summed E-state index contributed by atoms with van der Waals surface area (Å²) in [7, 11) is 0. The van der Waals surface area contributed by atoms with Crippen LogP contribution >= 0.6 is 11.8 Å². The van der Waals surface area contributed by atoms with Gasteiger partial charge in [0.15, 0.2) is 0 Å². The molecular weight excluding hydrogens is 538 g/mol. The molecule has 1 spiro atoms. The number of piperidine rings is 1. The number of tetrazole rings is 1. The summed E-state index contributed by atoms with van der Waals surface area (Å²) in [5.74, 6) is -2.39. The van der Waals surface area contributed by atoms with Crippen molar-refractivity contribution in [1.29, 1.82) is 0 Å². The largest absolute Gasteiger partial charge is 0.477 e. The number of carboxylic acids is 1. The van der Waals surface area contributed by atoms with Crippen LogP contribution in [0.25, 0.3) is 0 Å². The van der Waals surface area contributed by atoms with Crippen molar-refractivity contribution in [2.24, 2.45) is 17.3 Å². The van der Waals surface area contributed by atoms with E-state index in [1.54, 1.807) is 6.92 Å². The third kappa shape index (κ3) is 4.67. The number of carbonyl (C=O) groups is 4. The molecule has 0 aliphatic carbocycles. The molecular formula is C25H35N9O5S. The monoisotopic (exact) mass is 573 g/mol. The third-order valence-corrected chi connectivity index (χ3v) is 10.6. The number of amides is 3. The zero-order chi connectivity index (χ0) is 28.2. The molecule has 0 unspecified atom stereocenters. The van der Waals surface area contributed by atoms with Crippen molar-refractivity contribution in [1.82, 2.24) is 46.0 Å². The van der Waals surface area contributed by atoms with Crippen LogP contribution < -0.4 is 16.0 Å². The van der Waals surface area contributed by atoms with Crippen molar-refractivity contribution in [3.05, 3.63) is 16.9 Å². The molecule has 4 saturated heterocycles. The van der Waals surface area contributed by atoms with Crippen LogP contribution in [-0.2, 0) is 25.7 Å². The number of thioether (sulfide) groups is 1. The van der Waals surface area contributed by atoms with E-state index in [1.807, 2.05) is 11.8 Å². The molecule has 6 heterocycles. The van der Waals surface area contributed by atoms with Gasteiger partial charge in [-0.25, -0.2) is 9.48 Å². The zero-order valence-electron chi connectivity index (χ0n) is 22.6. The van der Waals surface area contributed by atoms with Gasteiger partial charge < -0.3 is 30.9 Å². The molecule has 0 bridgehead atoms. The van der Waals surface area contributed by atoms with Gasteiger partial charge >= 0.3 is 5.97 Å². The first kappa shape index (κ1) is 27.1. The molecule has 14 nitrogen and oxygen atoms in total. The van der Waals surface area contributed by atoms with Gasteiger partial charge in [-0.3, -0.25) is 14.4 Å². The molecule has 216 valence electrons. The summed E-state index contributed by atoms with van der Waals surface area (Å²) in [6.45, 7) is 7.87. The van der Waals surface area contributed by atoms with Crippen LogP contribution in [0.5, 0.6) is 0 Å². The van der Waals surface area contributed by atoms with Crippen LogP contribution in [0, 0.1) is 17.3 Å². The van der Waals surface area contributed by atoms with E-state index in [9.17, 15) is 24.3 Å². The molecule has 5 aliphatic heterocycles. The van der Waals surface area contributed by atoms with Gasteiger partial charge in [-0.1, -0.05) is 6.92 Å². The summed E-state index contributed by atoms with van der Waals surface area (Å²) in [5, 5.41) is 30.4. The first-order chi connectivity index (χ1) is 19.2. The summed E-state index contributed by atoms with van der Waals surface area (Å²) in [5.41, 5.74) is 0.302. The van der Waals surface area contributed by atoms with Crippen LogP contribution in [0.4, 0.5) is 0 Å². The first-order valence-electron chi connectivity index (χ1n) is 13.9. The van der Waals surface area contributed by atoms with Crippen molar-refractivity contribution in [3.8, 4) is 0 Å². The van der Waals surface area contributed by atoms with E-state index < -0.39 is 17.9 Å². The minimum absolute atomic E-state index is 0.0236. The number of aliphatic carboxylic acids is 1. The molecule has 5 aliphatic rings. The normalized spacial score (nSPS) is 31.6. The molecule has 6 atom stereocenters. The average Bonchev–Trinajstić information content (AvgIpc) is 3.63. The van der Waals surface area contributed by atoms with Gasteiger partial charge in [0.2, 0.25) is 17.7 Å². The Hall–Kier alpha value is -3.04. The molecule has 6 rings (SSSR count). The Morgan fingerprint density at radius 3 is 2.70 bits per heavy atom. The number of aromatic nitrogens is 4. The Labute approximate surface area is 235 Å². The number of nitrogens with one attached hydrogen (secondary N) is 3. The van der Waals surface area contributed by atoms with Crippen molar-refractivity contribution >= 4 is 35.5 Å². The predicted octanol–water partition coefficient (Wildman–Crippen LogP) is -1.37. The highest BCUT2D eigenvalue weighted by Gasteiger charge is 2.60. The number of nitrogens with zero attached hydrogens (tertiary/aromatic N) is 6. The van der Waals surface area contributed by atoms with E-state index in [4.69, 9.17) is 0 Å². The number of carboxylic acid groups (broad SMARTS) is 1. The van der Waals surface area contributed by atoms with Crippen LogP contribution in [-0.4, -0.2) is 115 Å². The second kappa shape index (κ2) is 10.4. The second-order valence-electron chi connectivity index (χ2n) is 11.8. The van der Waals surface area contributed by atoms with Gasteiger partial charge in [0.05, 0.1) is 18.0 Å². The summed E-state index contributed by atoms with van der Waals surface area (Å²) in [6.07, 6.45) is 4.16. The number of hydrogen-bond acceptors (Lipinski definition) is 10. The van der Waals surface area contributed by atoms with Gasteiger partial charge in [-0.15, -0.1) is 16.9 Å². The molecule has 4 N–H and O–H groups in total. The SMILES string of the molecule is C[C@@H](NC(=O)Cn1cnnn1)[C@H]1C(=O)N2C(C(=O)O)=C(S[C@@H]3CN[C@H](C(=O)N4CC5(CCNCC5)C4)C3)[C@H](C)[C@H]12. The lowest BCUT2D eigenvalue weighted by atomic mass is 9.72. The number of β-lactam (4-membered cyclic amide) rings is 1. The van der Waals surface area contributed by atoms with Gasteiger partial charge in [0.1, 0.15) is 18.6 Å². The lowest BCUT2D eigenvalue weighted by molar-refractivity contribution is -0.158. The fourth-order valence-corrected chi connectivity index (χ4v) is 8.54. The number of rotatable bonds is 8. The maximum atomic E-state index is 13.2. The maximum Gasteiger partial charge on any atom is 0.353 e. The lowest BCUT2D eigenvalue weighted by Crippen LogP contribution is -2.66. The van der Waals surface area contributed by atoms with E-state index >= 15 is 0 Å². The van der Waals surface area contributed by atoms with Crippen LogP contribution in [0.15, 0.2) is 16.9 Å². The molecule has 1 aromatic heterocycles. The predicted molar refractivity (Wildman–Crippen MR) is 142 cm³/mol. The van der Waals surface area contributed by atoms with E-state index in [-0.39, 0.29) is 58.6 Å². The Morgan fingerprint density at radius 1 is 1.27 bits per heavy atom. The van der Waals surface area contributed by atoms with Crippen molar-refractivity contribution < 1.29 is 24.3 Å². The molecule has 40 heavy (non-hydrogen) atoms. The number of hydrogen-bond donors (Lipinski definition) is 4. The minimum atomic E-state index is -1.13. The van der Waals surface area contributed by atoms with Gasteiger partial charge in [-0.05, 0) is 49.7 Å². The van der Waals surface area contributed by atoms with Crippen LogP contribution in [0.2, 0.25) is 0 Å². The Bertz CT molecular complexity index is 1230. The standard InChI is InChI=1S/C25H35N9O5S/c1-13-19-18(14(2)29-17(35)9-33-12-28-30-31-33)23(37)34(19)20(24(38)39)21(13)40-15-7-16(27-8-15)22(36)32-10-25(11-32)3-5-26-6-4-25/h12-16,18-19,26-27H,3-11H2,1-2H3,(H,29,35)(H,38,39)/t13-,14-,15+,16+,18-,19-/m1/s1. The third-order valence-electron chi connectivity index (χ3n) is 9.13. The van der Waals surface area contributed by atoms with Gasteiger partial charge in [0.25, 0.3) is 0 Å². The summed E-state index contributed by atoms with van der Waals surface area (Å²) in [6, 6.07) is -1.11. The van der Waals surface area contributed by atoms with Gasteiger partial charge in [0, 0.05) is 47.2 Å². The smallest absolute Gasteiger partial charge is 0.353 e. The number of carbonyl (C=O) groups excluding carboxylic acids is 3. The summed E-state index contributed by atoms with van der Waals surface area (Å²) < 4.78 is 1.29. The van der Waals surface area contributed by atoms with Crippen molar-refractivity contribution in [2.75, 3.05) is 32.7 Å². The molecule has 4 fully saturated rings. The molecule has 3 amide bonds. The fourth-order valence-electron chi connectivity index (χ4n) is 7.06. The summed E-state index contributed by atoms with van der Waals surface area (Å²) >= 11 is 1.47. The van der Waals surface area contributed by atoms with E-state index in [1.165, 1.54) is 27.7 Å².